The van der Waals surface area contributed by atoms with Crippen LogP contribution in [0.1, 0.15) is 11.4 Å². The lowest BCUT2D eigenvalue weighted by molar-refractivity contribution is 0.287. The van der Waals surface area contributed by atoms with Gasteiger partial charge in [0.25, 0.3) is 0 Å². The van der Waals surface area contributed by atoms with Gasteiger partial charge in [0.05, 0.1) is 13.3 Å². The van der Waals surface area contributed by atoms with Gasteiger partial charge in [0.2, 0.25) is 0 Å². The minimum absolute atomic E-state index is 0.323. The van der Waals surface area contributed by atoms with Gasteiger partial charge in [-0.15, -0.1) is 0 Å². The number of ether oxygens (including phenoxy) is 2. The molecule has 1 heterocycles. The van der Waals surface area contributed by atoms with Crippen molar-refractivity contribution in [2.75, 3.05) is 7.11 Å². The summed E-state index contributed by atoms with van der Waals surface area (Å²) in [6.07, 6.45) is 1.59. The predicted molar refractivity (Wildman–Crippen MR) is 73.4 cm³/mol. The highest BCUT2D eigenvalue weighted by atomic mass is 35.5. The van der Waals surface area contributed by atoms with Crippen LogP contribution in [0.2, 0.25) is 5.15 Å². The molecule has 0 aliphatic heterocycles. The SMILES string of the molecule is COc1ccc(CN)c(OCc2ncc(Cl)n2C)c1. The number of benzene rings is 1. The van der Waals surface area contributed by atoms with Crippen LogP contribution in [-0.4, -0.2) is 16.7 Å². The molecule has 6 heteroatoms. The van der Waals surface area contributed by atoms with E-state index in [1.165, 1.54) is 0 Å². The first-order valence-electron chi connectivity index (χ1n) is 5.81. The molecule has 0 unspecified atom stereocenters. The molecule has 1 aromatic carbocycles. The number of rotatable bonds is 5. The fourth-order valence-corrected chi connectivity index (χ4v) is 1.81. The number of aromatic nitrogens is 2. The lowest BCUT2D eigenvalue weighted by Gasteiger charge is -2.12. The Balaban J connectivity index is 2.16. The summed E-state index contributed by atoms with van der Waals surface area (Å²) in [4.78, 5) is 4.17. The third kappa shape index (κ3) is 3.00. The fourth-order valence-electron chi connectivity index (χ4n) is 1.67. The molecule has 0 amide bonds. The Labute approximate surface area is 116 Å². The topological polar surface area (TPSA) is 62.3 Å². The lowest BCUT2D eigenvalue weighted by atomic mass is 10.2. The summed E-state index contributed by atoms with van der Waals surface area (Å²) in [5.74, 6) is 2.17. The number of imidazole rings is 1. The van der Waals surface area contributed by atoms with Crippen molar-refractivity contribution >= 4 is 11.6 Å². The minimum Gasteiger partial charge on any atom is -0.497 e. The van der Waals surface area contributed by atoms with E-state index in [2.05, 4.69) is 4.98 Å². The number of nitrogens with two attached hydrogens (primary N) is 1. The molecule has 0 radical (unpaired) electrons. The van der Waals surface area contributed by atoms with Crippen LogP contribution in [0.4, 0.5) is 0 Å². The summed E-state index contributed by atoms with van der Waals surface area (Å²) in [7, 11) is 3.45. The van der Waals surface area contributed by atoms with E-state index >= 15 is 0 Å². The molecular formula is C13H16ClN3O2. The molecule has 1 aromatic heterocycles. The van der Waals surface area contributed by atoms with Crippen molar-refractivity contribution in [2.24, 2.45) is 12.8 Å². The molecule has 0 bridgehead atoms. The molecule has 2 aromatic rings. The number of nitrogens with zero attached hydrogens (tertiary/aromatic N) is 2. The summed E-state index contributed by atoms with van der Waals surface area (Å²) in [5.41, 5.74) is 6.60. The summed E-state index contributed by atoms with van der Waals surface area (Å²) < 4.78 is 12.7. The van der Waals surface area contributed by atoms with Crippen molar-refractivity contribution in [3.8, 4) is 11.5 Å². The van der Waals surface area contributed by atoms with Crippen LogP contribution in [0.25, 0.3) is 0 Å². The van der Waals surface area contributed by atoms with Gasteiger partial charge in [0.15, 0.2) is 0 Å². The first-order chi connectivity index (χ1) is 9.15. The van der Waals surface area contributed by atoms with E-state index in [0.29, 0.717) is 24.1 Å². The van der Waals surface area contributed by atoms with Gasteiger partial charge in [-0.3, -0.25) is 0 Å². The molecule has 5 nitrogen and oxygen atoms in total. The Hall–Kier alpha value is -1.72. The second-order valence-corrected chi connectivity index (χ2v) is 4.41. The maximum atomic E-state index is 5.92. The van der Waals surface area contributed by atoms with E-state index in [-0.39, 0.29) is 0 Å². The maximum Gasteiger partial charge on any atom is 0.147 e. The fraction of sp³-hybridized carbons (Fsp3) is 0.308. The van der Waals surface area contributed by atoms with E-state index < -0.39 is 0 Å². The third-order valence-electron chi connectivity index (χ3n) is 2.88. The van der Waals surface area contributed by atoms with Gasteiger partial charge in [-0.25, -0.2) is 4.98 Å². The van der Waals surface area contributed by atoms with Crippen LogP contribution in [0.3, 0.4) is 0 Å². The Morgan fingerprint density at radius 3 is 2.79 bits per heavy atom. The van der Waals surface area contributed by atoms with E-state index in [1.807, 2.05) is 25.2 Å². The Morgan fingerprint density at radius 2 is 2.21 bits per heavy atom. The van der Waals surface area contributed by atoms with Gasteiger partial charge in [0, 0.05) is 25.2 Å². The monoisotopic (exact) mass is 281 g/mol. The van der Waals surface area contributed by atoms with Crippen LogP contribution in [-0.2, 0) is 20.2 Å². The molecule has 0 spiro atoms. The van der Waals surface area contributed by atoms with Gasteiger partial charge >= 0.3 is 0 Å². The second kappa shape index (κ2) is 5.95. The summed E-state index contributed by atoms with van der Waals surface area (Å²) in [5, 5.41) is 0.572. The summed E-state index contributed by atoms with van der Waals surface area (Å²) in [6, 6.07) is 5.55. The van der Waals surface area contributed by atoms with Crippen molar-refractivity contribution in [1.29, 1.82) is 0 Å². The van der Waals surface area contributed by atoms with E-state index in [4.69, 9.17) is 26.8 Å². The standard InChI is InChI=1S/C13H16ClN3O2/c1-17-12(14)7-16-13(17)8-19-11-5-10(18-2)4-3-9(11)6-15/h3-5,7H,6,8,15H2,1-2H3. The number of methoxy groups -OCH3 is 1. The van der Waals surface area contributed by atoms with Gasteiger partial charge in [-0.2, -0.15) is 0 Å². The third-order valence-corrected chi connectivity index (χ3v) is 3.23. The van der Waals surface area contributed by atoms with Gasteiger partial charge in [-0.1, -0.05) is 17.7 Å². The second-order valence-electron chi connectivity index (χ2n) is 4.02. The zero-order chi connectivity index (χ0) is 13.8. The predicted octanol–water partition coefficient (Wildman–Crippen LogP) is 2.12. The van der Waals surface area contributed by atoms with E-state index in [1.54, 1.807) is 17.9 Å². The van der Waals surface area contributed by atoms with Gasteiger partial charge in [-0.05, 0) is 6.07 Å². The molecule has 2 rings (SSSR count). The number of hydrogen-bond donors (Lipinski definition) is 1. The quantitative estimate of drug-likeness (QED) is 0.912. The van der Waals surface area contributed by atoms with E-state index in [0.717, 1.165) is 17.1 Å². The van der Waals surface area contributed by atoms with Crippen LogP contribution in [0.15, 0.2) is 24.4 Å². The summed E-state index contributed by atoms with van der Waals surface area (Å²) in [6.45, 7) is 0.726. The smallest absolute Gasteiger partial charge is 0.147 e. The van der Waals surface area contributed by atoms with Crippen molar-refractivity contribution < 1.29 is 9.47 Å². The molecule has 0 saturated heterocycles. The lowest BCUT2D eigenvalue weighted by Crippen LogP contribution is -2.06. The molecule has 19 heavy (non-hydrogen) atoms. The molecule has 0 fully saturated rings. The first-order valence-corrected chi connectivity index (χ1v) is 6.19. The molecule has 0 aliphatic rings. The van der Waals surface area contributed by atoms with Crippen molar-refractivity contribution in [3.05, 3.63) is 40.9 Å². The molecule has 0 aliphatic carbocycles. The molecule has 0 saturated carbocycles. The average molecular weight is 282 g/mol. The van der Waals surface area contributed by atoms with Crippen LogP contribution < -0.4 is 15.2 Å². The maximum absolute atomic E-state index is 5.92. The highest BCUT2D eigenvalue weighted by Crippen LogP contribution is 2.25. The summed E-state index contributed by atoms with van der Waals surface area (Å²) >= 11 is 5.92. The number of halogens is 1. The normalized spacial score (nSPS) is 10.5. The first kappa shape index (κ1) is 13.7. The molecular weight excluding hydrogens is 266 g/mol. The zero-order valence-corrected chi connectivity index (χ0v) is 11.6. The molecule has 102 valence electrons. The highest BCUT2D eigenvalue weighted by Gasteiger charge is 2.08. The Bertz CT molecular complexity index is 569. The highest BCUT2D eigenvalue weighted by molar-refractivity contribution is 6.29. The molecule has 0 atom stereocenters. The van der Waals surface area contributed by atoms with Crippen LogP contribution in [0.5, 0.6) is 11.5 Å². The van der Waals surface area contributed by atoms with Crippen molar-refractivity contribution in [3.63, 3.8) is 0 Å². The number of hydrogen-bond acceptors (Lipinski definition) is 4. The van der Waals surface area contributed by atoms with E-state index in [9.17, 15) is 0 Å². The Kier molecular flexibility index (Phi) is 4.29. The Morgan fingerprint density at radius 1 is 1.42 bits per heavy atom. The zero-order valence-electron chi connectivity index (χ0n) is 10.9. The van der Waals surface area contributed by atoms with Gasteiger partial charge in [0.1, 0.15) is 29.1 Å². The van der Waals surface area contributed by atoms with Crippen molar-refractivity contribution in [2.45, 2.75) is 13.2 Å². The largest absolute Gasteiger partial charge is 0.497 e. The molecule has 2 N–H and O–H groups in total. The minimum atomic E-state index is 0.323. The van der Waals surface area contributed by atoms with Crippen molar-refractivity contribution in [1.82, 2.24) is 9.55 Å². The van der Waals surface area contributed by atoms with Gasteiger partial charge < -0.3 is 19.8 Å². The van der Waals surface area contributed by atoms with Crippen LogP contribution in [0, 0.1) is 0 Å². The van der Waals surface area contributed by atoms with Crippen LogP contribution >= 0.6 is 11.6 Å². The average Bonchev–Trinajstić information content (AvgIpc) is 2.76.